The molecule has 0 aromatic carbocycles. The lowest BCUT2D eigenvalue weighted by atomic mass is 10.2. The van der Waals surface area contributed by atoms with Crippen molar-refractivity contribution in [1.82, 2.24) is 20.4 Å². The third-order valence-corrected chi connectivity index (χ3v) is 4.50. The molecule has 1 unspecified atom stereocenters. The average Bonchev–Trinajstić information content (AvgIpc) is 3.06. The Kier molecular flexibility index (Phi) is 12.0. The monoisotopic (exact) mass is 453 g/mol. The zero-order valence-corrected chi connectivity index (χ0v) is 17.8. The van der Waals surface area contributed by atoms with Crippen LogP contribution in [0.4, 0.5) is 0 Å². The normalized spacial score (nSPS) is 21.3. The van der Waals surface area contributed by atoms with Gasteiger partial charge in [-0.2, -0.15) is 0 Å². The Morgan fingerprint density at radius 3 is 2.46 bits per heavy atom. The Bertz CT molecular complexity index is 344. The molecule has 2 aliphatic heterocycles. The van der Waals surface area contributed by atoms with Crippen LogP contribution in [0.1, 0.15) is 26.7 Å². The molecule has 0 bridgehead atoms. The molecule has 2 aliphatic rings. The van der Waals surface area contributed by atoms with Crippen molar-refractivity contribution in [3.8, 4) is 0 Å². The number of morpholine rings is 1. The van der Waals surface area contributed by atoms with Gasteiger partial charge in [-0.15, -0.1) is 24.0 Å². The highest BCUT2D eigenvalue weighted by Crippen LogP contribution is 2.10. The summed E-state index contributed by atoms with van der Waals surface area (Å²) in [5, 5.41) is 6.81. The number of ether oxygens (including phenoxy) is 1. The molecule has 0 aromatic heterocycles. The van der Waals surface area contributed by atoms with Gasteiger partial charge in [0.1, 0.15) is 0 Å². The fourth-order valence-corrected chi connectivity index (χ4v) is 3.21. The molecule has 6 nitrogen and oxygen atoms in total. The Labute approximate surface area is 164 Å². The Balaban J connectivity index is 0.00000288. The fraction of sp³-hybridized carbons (Fsp3) is 0.941. The second-order valence-corrected chi connectivity index (χ2v) is 6.71. The Morgan fingerprint density at radius 2 is 1.79 bits per heavy atom. The summed E-state index contributed by atoms with van der Waals surface area (Å²) in [5.41, 5.74) is 0. The summed E-state index contributed by atoms with van der Waals surface area (Å²) in [5.74, 6) is 1.57. The molecule has 2 N–H and O–H groups in total. The molecule has 2 heterocycles. The topological polar surface area (TPSA) is 52.1 Å². The van der Waals surface area contributed by atoms with Crippen LogP contribution in [0, 0.1) is 5.92 Å². The van der Waals surface area contributed by atoms with Gasteiger partial charge in [0.2, 0.25) is 0 Å². The molecule has 0 saturated carbocycles. The van der Waals surface area contributed by atoms with Gasteiger partial charge >= 0.3 is 0 Å². The summed E-state index contributed by atoms with van der Waals surface area (Å²) in [6.45, 7) is 15.7. The largest absolute Gasteiger partial charge is 0.379 e. The lowest BCUT2D eigenvalue weighted by Gasteiger charge is -2.26. The van der Waals surface area contributed by atoms with Gasteiger partial charge in [-0.05, 0) is 38.8 Å². The molecule has 2 saturated heterocycles. The SMILES string of the molecule is CCNC(=NCC(C)CN1CCCC1)NCCN1CCOCC1.I. The zero-order chi connectivity index (χ0) is 16.3. The second-order valence-electron chi connectivity index (χ2n) is 6.71. The van der Waals surface area contributed by atoms with Crippen molar-refractivity contribution < 1.29 is 4.74 Å². The van der Waals surface area contributed by atoms with Crippen LogP contribution in [0.5, 0.6) is 0 Å². The molecule has 0 amide bonds. The van der Waals surface area contributed by atoms with Crippen molar-refractivity contribution in [2.75, 3.05) is 72.1 Å². The molecular weight excluding hydrogens is 417 g/mol. The van der Waals surface area contributed by atoms with E-state index in [0.29, 0.717) is 5.92 Å². The number of nitrogens with zero attached hydrogens (tertiary/aromatic N) is 3. The van der Waals surface area contributed by atoms with Crippen LogP contribution in [0.2, 0.25) is 0 Å². The summed E-state index contributed by atoms with van der Waals surface area (Å²) < 4.78 is 5.38. The van der Waals surface area contributed by atoms with E-state index in [4.69, 9.17) is 9.73 Å². The fourth-order valence-electron chi connectivity index (χ4n) is 3.21. The van der Waals surface area contributed by atoms with Gasteiger partial charge in [0, 0.05) is 45.8 Å². The van der Waals surface area contributed by atoms with Crippen molar-refractivity contribution in [3.05, 3.63) is 0 Å². The number of aliphatic imine (C=N–C) groups is 1. The minimum absolute atomic E-state index is 0. The van der Waals surface area contributed by atoms with Gasteiger partial charge < -0.3 is 20.3 Å². The van der Waals surface area contributed by atoms with Gasteiger partial charge in [-0.3, -0.25) is 9.89 Å². The van der Waals surface area contributed by atoms with Crippen LogP contribution in [-0.2, 0) is 4.74 Å². The van der Waals surface area contributed by atoms with E-state index in [2.05, 4.69) is 34.3 Å². The third kappa shape index (κ3) is 8.82. The number of likely N-dealkylation sites (tertiary alicyclic amines) is 1. The van der Waals surface area contributed by atoms with Crippen molar-refractivity contribution >= 4 is 29.9 Å². The molecule has 0 aromatic rings. The van der Waals surface area contributed by atoms with Gasteiger partial charge in [-0.25, -0.2) is 0 Å². The highest BCUT2D eigenvalue weighted by molar-refractivity contribution is 14.0. The second kappa shape index (κ2) is 13.1. The Morgan fingerprint density at radius 1 is 1.08 bits per heavy atom. The highest BCUT2D eigenvalue weighted by atomic mass is 127. The molecule has 142 valence electrons. The van der Waals surface area contributed by atoms with Crippen LogP contribution in [0.3, 0.4) is 0 Å². The number of guanidine groups is 1. The van der Waals surface area contributed by atoms with E-state index in [1.165, 1.54) is 32.5 Å². The van der Waals surface area contributed by atoms with Crippen LogP contribution < -0.4 is 10.6 Å². The van der Waals surface area contributed by atoms with Gasteiger partial charge in [0.05, 0.1) is 13.2 Å². The first kappa shape index (κ1) is 21.9. The third-order valence-electron chi connectivity index (χ3n) is 4.50. The first-order valence-electron chi connectivity index (χ1n) is 9.32. The Hall–Kier alpha value is -0.120. The first-order valence-corrected chi connectivity index (χ1v) is 9.32. The summed E-state index contributed by atoms with van der Waals surface area (Å²) in [7, 11) is 0. The zero-order valence-electron chi connectivity index (χ0n) is 15.4. The lowest BCUT2D eigenvalue weighted by molar-refractivity contribution is 0.0389. The molecule has 0 spiro atoms. The first-order chi connectivity index (χ1) is 11.3. The van der Waals surface area contributed by atoms with E-state index >= 15 is 0 Å². The van der Waals surface area contributed by atoms with Crippen molar-refractivity contribution in [1.29, 1.82) is 0 Å². The maximum Gasteiger partial charge on any atom is 0.191 e. The van der Waals surface area contributed by atoms with E-state index in [1.807, 2.05) is 0 Å². The van der Waals surface area contributed by atoms with Crippen molar-refractivity contribution in [2.24, 2.45) is 10.9 Å². The maximum absolute atomic E-state index is 5.38. The standard InChI is InChI=1S/C17H35N5O.HI/c1-3-18-17(19-6-9-21-10-12-23-13-11-21)20-14-16(2)15-22-7-4-5-8-22;/h16H,3-15H2,1-2H3,(H2,18,19,20);1H. The molecule has 2 rings (SSSR count). The number of rotatable bonds is 8. The quantitative estimate of drug-likeness (QED) is 0.329. The predicted octanol–water partition coefficient (Wildman–Crippen LogP) is 1.22. The predicted molar refractivity (Wildman–Crippen MR) is 111 cm³/mol. The molecule has 2 fully saturated rings. The summed E-state index contributed by atoms with van der Waals surface area (Å²) in [6, 6.07) is 0. The van der Waals surface area contributed by atoms with Crippen molar-refractivity contribution in [2.45, 2.75) is 26.7 Å². The number of halogens is 1. The van der Waals surface area contributed by atoms with Crippen LogP contribution in [0.15, 0.2) is 4.99 Å². The summed E-state index contributed by atoms with van der Waals surface area (Å²) in [6.07, 6.45) is 2.73. The van der Waals surface area contributed by atoms with E-state index in [0.717, 1.165) is 58.4 Å². The molecule has 0 radical (unpaired) electrons. The van der Waals surface area contributed by atoms with Gasteiger partial charge in [-0.1, -0.05) is 6.92 Å². The summed E-state index contributed by atoms with van der Waals surface area (Å²) >= 11 is 0. The van der Waals surface area contributed by atoms with Gasteiger partial charge in [0.15, 0.2) is 5.96 Å². The van der Waals surface area contributed by atoms with E-state index in [-0.39, 0.29) is 24.0 Å². The molecule has 7 heteroatoms. The summed E-state index contributed by atoms with van der Waals surface area (Å²) in [4.78, 5) is 9.77. The minimum atomic E-state index is 0. The van der Waals surface area contributed by atoms with E-state index < -0.39 is 0 Å². The molecule has 0 aliphatic carbocycles. The molecule has 1 atom stereocenters. The minimum Gasteiger partial charge on any atom is -0.379 e. The van der Waals surface area contributed by atoms with Crippen LogP contribution in [-0.4, -0.2) is 87.9 Å². The maximum atomic E-state index is 5.38. The van der Waals surface area contributed by atoms with E-state index in [9.17, 15) is 0 Å². The van der Waals surface area contributed by atoms with Crippen molar-refractivity contribution in [3.63, 3.8) is 0 Å². The number of nitrogens with one attached hydrogen (secondary N) is 2. The highest BCUT2D eigenvalue weighted by Gasteiger charge is 2.14. The van der Waals surface area contributed by atoms with Crippen LogP contribution in [0.25, 0.3) is 0 Å². The number of hydrogen-bond acceptors (Lipinski definition) is 4. The lowest BCUT2D eigenvalue weighted by Crippen LogP contribution is -2.44. The smallest absolute Gasteiger partial charge is 0.191 e. The number of hydrogen-bond donors (Lipinski definition) is 2. The van der Waals surface area contributed by atoms with Crippen LogP contribution >= 0.6 is 24.0 Å². The molecule has 24 heavy (non-hydrogen) atoms. The van der Waals surface area contributed by atoms with Gasteiger partial charge in [0.25, 0.3) is 0 Å². The molecular formula is C17H36IN5O. The van der Waals surface area contributed by atoms with E-state index in [1.54, 1.807) is 0 Å². The average molecular weight is 453 g/mol.